The van der Waals surface area contributed by atoms with E-state index in [0.717, 1.165) is 25.3 Å². The van der Waals surface area contributed by atoms with E-state index >= 15 is 0 Å². The number of halogens is 13. The van der Waals surface area contributed by atoms with E-state index in [1.54, 1.807) is 0 Å². The van der Waals surface area contributed by atoms with Crippen molar-refractivity contribution in [1.29, 1.82) is 0 Å². The van der Waals surface area contributed by atoms with E-state index in [1.807, 2.05) is 20.8 Å². The van der Waals surface area contributed by atoms with Gasteiger partial charge >= 0.3 is 215 Å². The third kappa shape index (κ3) is 6.18. The molecule has 0 aliphatic heterocycles. The molecule has 0 N–H and O–H groups in total. The number of hydrogen-bond acceptors (Lipinski definition) is 1. The van der Waals surface area contributed by atoms with Gasteiger partial charge in [-0.1, -0.05) is 0 Å². The molecule has 0 atom stereocenters. The Morgan fingerprint density at radius 1 is 0.568 bits per heavy atom. The zero-order valence-corrected chi connectivity index (χ0v) is 24.0. The number of thiophene rings is 1. The Kier molecular flexibility index (Phi) is 11.2. The molecule has 0 aliphatic rings. The molecule has 0 aromatic carbocycles. The van der Waals surface area contributed by atoms with Crippen molar-refractivity contribution in [3.05, 3.63) is 17.0 Å². The van der Waals surface area contributed by atoms with Gasteiger partial charge in [0.2, 0.25) is 0 Å². The molecule has 1 heterocycles. The van der Waals surface area contributed by atoms with E-state index in [1.165, 1.54) is 0 Å². The molecule has 0 amide bonds. The van der Waals surface area contributed by atoms with E-state index in [4.69, 9.17) is 0 Å². The Morgan fingerprint density at radius 2 is 0.946 bits per heavy atom. The van der Waals surface area contributed by atoms with Gasteiger partial charge in [-0.15, -0.1) is 0 Å². The Balaban J connectivity index is 3.63. The standard InChI is InChI=1S/C10H2F13S.3C4H9.Sn/c11-5(12,4-2-1-3-24-4)6(13,14)7(15,16)8(17,18)9(19,20)10(21,22)23;3*1-3-4-2;/h1-2H;3*1,3-4H2,2H3;. The number of hydrogen-bond donors (Lipinski definition) is 0. The van der Waals surface area contributed by atoms with Crippen molar-refractivity contribution in [2.75, 3.05) is 0 Å². The van der Waals surface area contributed by atoms with Crippen LogP contribution >= 0.6 is 11.3 Å². The summed E-state index contributed by atoms with van der Waals surface area (Å²) in [6.45, 7) is 5.64. The van der Waals surface area contributed by atoms with Crippen LogP contribution in [0.5, 0.6) is 0 Å². The van der Waals surface area contributed by atoms with Crippen molar-refractivity contribution in [2.24, 2.45) is 0 Å². The fraction of sp³-hybridized carbons (Fsp3) is 0.818. The third-order valence-corrected chi connectivity index (χ3v) is 25.8. The van der Waals surface area contributed by atoms with Crippen LogP contribution in [0, 0.1) is 0 Å². The Morgan fingerprint density at radius 3 is 1.30 bits per heavy atom. The number of unbranched alkanes of at least 4 members (excludes halogenated alkanes) is 3. The van der Waals surface area contributed by atoms with E-state index in [9.17, 15) is 57.1 Å². The van der Waals surface area contributed by atoms with Crippen LogP contribution in [0.2, 0.25) is 13.3 Å². The first-order chi connectivity index (χ1) is 16.6. The SMILES string of the molecule is CCC[CH2][Sn]([CH2]CCC)([CH2]CCC)[c]1ccc(C(F)(F)C(F)(F)C(F)(F)C(F)(F)C(F)(F)C(F)(F)F)s1. The normalized spacial score (nSPS) is 14.9. The van der Waals surface area contributed by atoms with E-state index < -0.39 is 59.0 Å². The molecule has 1 aromatic heterocycles. The zero-order valence-electron chi connectivity index (χ0n) is 20.3. The Hall–Kier alpha value is -0.411. The predicted octanol–water partition coefficient (Wildman–Crippen LogP) is 10.00. The molecule has 0 bridgehead atoms. The molecular weight excluding hydrogens is 662 g/mol. The van der Waals surface area contributed by atoms with E-state index in [2.05, 4.69) is 0 Å². The molecule has 0 unspecified atom stereocenters. The molecule has 15 heteroatoms. The van der Waals surface area contributed by atoms with Gasteiger partial charge < -0.3 is 0 Å². The van der Waals surface area contributed by atoms with E-state index in [-0.39, 0.29) is 11.3 Å². The van der Waals surface area contributed by atoms with Crippen molar-refractivity contribution < 1.29 is 57.1 Å². The summed E-state index contributed by atoms with van der Waals surface area (Å²) in [6, 6.07) is 1.43. The van der Waals surface area contributed by atoms with Crippen LogP contribution in [0.4, 0.5) is 57.1 Å². The van der Waals surface area contributed by atoms with Crippen LogP contribution in [0.3, 0.4) is 0 Å². The second kappa shape index (κ2) is 12.0. The summed E-state index contributed by atoms with van der Waals surface area (Å²) in [5.41, 5.74) is 0. The quantitative estimate of drug-likeness (QED) is 0.127. The van der Waals surface area contributed by atoms with Gasteiger partial charge in [-0.05, 0) is 0 Å². The molecule has 37 heavy (non-hydrogen) atoms. The van der Waals surface area contributed by atoms with Crippen LogP contribution in [0.25, 0.3) is 0 Å². The predicted molar refractivity (Wildman–Crippen MR) is 119 cm³/mol. The van der Waals surface area contributed by atoms with Crippen molar-refractivity contribution in [3.8, 4) is 0 Å². The molecular formula is C22H29F13SSn. The summed E-state index contributed by atoms with van der Waals surface area (Å²) in [5, 5.41) is 0. The maximum absolute atomic E-state index is 14.7. The van der Waals surface area contributed by atoms with Gasteiger partial charge in [-0.2, -0.15) is 0 Å². The van der Waals surface area contributed by atoms with Gasteiger partial charge in [0.05, 0.1) is 0 Å². The summed E-state index contributed by atoms with van der Waals surface area (Å²) in [4.78, 5) is -1.79. The van der Waals surface area contributed by atoms with Gasteiger partial charge in [-0.25, -0.2) is 0 Å². The minimum atomic E-state index is -7.88. The molecule has 218 valence electrons. The molecule has 0 fully saturated rings. The van der Waals surface area contributed by atoms with E-state index in [0.29, 0.717) is 41.5 Å². The topological polar surface area (TPSA) is 0 Å². The second-order valence-corrected chi connectivity index (χ2v) is 24.4. The summed E-state index contributed by atoms with van der Waals surface area (Å²) in [5.74, 6) is -36.8. The van der Waals surface area contributed by atoms with Gasteiger partial charge in [0, 0.05) is 0 Å². The second-order valence-electron chi connectivity index (χ2n) is 9.12. The van der Waals surface area contributed by atoms with Crippen LogP contribution in [0.15, 0.2) is 12.1 Å². The Bertz CT molecular complexity index is 839. The summed E-state index contributed by atoms with van der Waals surface area (Å²) in [6.07, 6.45) is -3.12. The van der Waals surface area contributed by atoms with Crippen LogP contribution in [-0.2, 0) is 5.92 Å². The molecule has 1 rings (SSSR count). The third-order valence-electron chi connectivity index (χ3n) is 6.40. The molecule has 0 spiro atoms. The van der Waals surface area contributed by atoms with Crippen LogP contribution in [-0.4, -0.2) is 48.2 Å². The first-order valence-corrected chi connectivity index (χ1v) is 20.0. The van der Waals surface area contributed by atoms with Gasteiger partial charge in [0.15, 0.2) is 0 Å². The number of alkyl halides is 13. The molecule has 1 aromatic rings. The summed E-state index contributed by atoms with van der Waals surface area (Å²) in [7, 11) is 0. The Labute approximate surface area is 214 Å². The van der Waals surface area contributed by atoms with Gasteiger partial charge in [-0.3, -0.25) is 0 Å². The minimum absolute atomic E-state index is 0.0401. The molecule has 0 radical (unpaired) electrons. The van der Waals surface area contributed by atoms with Gasteiger partial charge in [0.25, 0.3) is 0 Å². The summed E-state index contributed by atoms with van der Waals surface area (Å²) >= 11 is -3.55. The molecule has 0 aliphatic carbocycles. The number of rotatable bonds is 15. The van der Waals surface area contributed by atoms with Crippen molar-refractivity contribution in [1.82, 2.24) is 0 Å². The molecule has 0 saturated carbocycles. The fourth-order valence-corrected chi connectivity index (χ4v) is 24.2. The molecule has 0 nitrogen and oxygen atoms in total. The zero-order chi connectivity index (χ0) is 29.1. The fourth-order valence-electron chi connectivity index (χ4n) is 4.01. The van der Waals surface area contributed by atoms with Crippen LogP contribution < -0.4 is 2.89 Å². The first kappa shape index (κ1) is 34.6. The van der Waals surface area contributed by atoms with Crippen LogP contribution in [0.1, 0.15) is 64.2 Å². The average Bonchev–Trinajstić information content (AvgIpc) is 3.29. The van der Waals surface area contributed by atoms with Crippen molar-refractivity contribution in [3.63, 3.8) is 0 Å². The monoisotopic (exact) mass is 692 g/mol. The average molecular weight is 691 g/mol. The molecule has 0 saturated heterocycles. The van der Waals surface area contributed by atoms with Crippen molar-refractivity contribution >= 4 is 32.6 Å². The van der Waals surface area contributed by atoms with Gasteiger partial charge in [0.1, 0.15) is 0 Å². The van der Waals surface area contributed by atoms with Crippen molar-refractivity contribution in [2.45, 2.75) is 108 Å². The maximum atomic E-state index is 14.7. The summed E-state index contributed by atoms with van der Waals surface area (Å²) < 4.78 is 179. The first-order valence-electron chi connectivity index (χ1n) is 11.7.